The number of carbonyl (C=O) groups is 2. The van der Waals surface area contributed by atoms with Crippen molar-refractivity contribution in [3.05, 3.63) is 52.7 Å². The number of nitrogens with one attached hydrogen (secondary N) is 2. The molecule has 0 fully saturated rings. The van der Waals surface area contributed by atoms with E-state index in [1.54, 1.807) is 7.11 Å². The van der Waals surface area contributed by atoms with Crippen molar-refractivity contribution in [3.8, 4) is 17.0 Å². The zero-order chi connectivity index (χ0) is 20.1. The van der Waals surface area contributed by atoms with E-state index >= 15 is 0 Å². The minimum absolute atomic E-state index is 0.103. The van der Waals surface area contributed by atoms with E-state index < -0.39 is 0 Å². The van der Waals surface area contributed by atoms with Gasteiger partial charge in [0.15, 0.2) is 10.9 Å². The summed E-state index contributed by atoms with van der Waals surface area (Å²) >= 11 is 1.33. The number of aromatic amines is 1. The summed E-state index contributed by atoms with van der Waals surface area (Å²) in [5.41, 5.74) is 3.36. The van der Waals surface area contributed by atoms with Crippen LogP contribution in [0.1, 0.15) is 40.3 Å². The molecule has 1 amide bonds. The molecule has 0 unspecified atom stereocenters. The molecule has 8 heteroatoms. The van der Waals surface area contributed by atoms with Crippen molar-refractivity contribution >= 4 is 28.2 Å². The van der Waals surface area contributed by atoms with Gasteiger partial charge in [-0.15, -0.1) is 11.3 Å². The first-order valence-corrected chi connectivity index (χ1v) is 9.61. The van der Waals surface area contributed by atoms with Crippen LogP contribution < -0.4 is 10.1 Å². The van der Waals surface area contributed by atoms with Crippen LogP contribution in [-0.4, -0.2) is 35.4 Å². The fraction of sp³-hybridized carbons (Fsp3) is 0.250. The molecule has 0 atom stereocenters. The maximum atomic E-state index is 12.3. The molecule has 0 aliphatic rings. The molecule has 0 bridgehead atoms. The summed E-state index contributed by atoms with van der Waals surface area (Å²) in [6.45, 7) is 4.46. The van der Waals surface area contributed by atoms with Crippen molar-refractivity contribution in [1.82, 2.24) is 9.97 Å². The number of ketones is 1. The molecule has 28 heavy (non-hydrogen) atoms. The van der Waals surface area contributed by atoms with E-state index in [2.05, 4.69) is 15.3 Å². The largest absolute Gasteiger partial charge is 0.496 e. The van der Waals surface area contributed by atoms with Gasteiger partial charge in [-0.05, 0) is 38.1 Å². The average molecular weight is 399 g/mol. The van der Waals surface area contributed by atoms with Gasteiger partial charge in [-0.3, -0.25) is 14.9 Å². The number of benzene rings is 1. The Morgan fingerprint density at radius 1 is 1.29 bits per heavy atom. The van der Waals surface area contributed by atoms with Crippen molar-refractivity contribution in [2.24, 2.45) is 0 Å². The lowest BCUT2D eigenvalue weighted by atomic mass is 10.1. The van der Waals surface area contributed by atoms with Crippen molar-refractivity contribution in [2.75, 3.05) is 19.0 Å². The molecule has 0 spiro atoms. The molecule has 0 saturated carbocycles. The predicted octanol–water partition coefficient (Wildman–Crippen LogP) is 4.14. The third kappa shape index (κ3) is 4.47. The molecular formula is C20H21N3O4S. The number of ether oxygens (including phenoxy) is 2. The number of hydrogen-bond acceptors (Lipinski definition) is 6. The Bertz CT molecular complexity index is 993. The molecule has 2 heterocycles. The minimum atomic E-state index is -0.347. The molecular weight excluding hydrogens is 378 g/mol. The Morgan fingerprint density at radius 2 is 2.11 bits per heavy atom. The fourth-order valence-electron chi connectivity index (χ4n) is 2.62. The first kappa shape index (κ1) is 19.8. The number of Topliss-reactive ketones (excluding diaryl/α,β-unsaturated/α-hetero) is 1. The quantitative estimate of drug-likeness (QED) is 0.555. The number of carbonyl (C=O) groups excluding carboxylic acids is 2. The van der Waals surface area contributed by atoms with E-state index in [0.29, 0.717) is 29.6 Å². The highest BCUT2D eigenvalue weighted by molar-refractivity contribution is 7.14. The molecule has 3 rings (SSSR count). The van der Waals surface area contributed by atoms with Gasteiger partial charge in [0.1, 0.15) is 11.4 Å². The molecule has 3 aromatic rings. The number of hydrogen-bond donors (Lipinski definition) is 2. The van der Waals surface area contributed by atoms with Crippen LogP contribution in [0.2, 0.25) is 0 Å². The Balaban J connectivity index is 1.76. The molecule has 7 nitrogen and oxygen atoms in total. The third-order valence-electron chi connectivity index (χ3n) is 4.10. The summed E-state index contributed by atoms with van der Waals surface area (Å²) in [5.74, 6) is 0.309. The number of aromatic nitrogens is 2. The second-order valence-corrected chi connectivity index (χ2v) is 6.87. The maximum Gasteiger partial charge on any atom is 0.273 e. The minimum Gasteiger partial charge on any atom is -0.496 e. The van der Waals surface area contributed by atoms with Gasteiger partial charge in [-0.25, -0.2) is 4.98 Å². The standard InChI is InChI=1S/C20H21N3O4S/c1-4-27-10-15-7-13(5-6-18(15)26-3)17-11-28-20(22-17)23-19(25)16-8-14(9-21-16)12(2)24/h5-9,11,21H,4,10H2,1-3H3,(H,22,23,25). The van der Waals surface area contributed by atoms with Gasteiger partial charge >= 0.3 is 0 Å². The molecule has 146 valence electrons. The van der Waals surface area contributed by atoms with Crippen LogP contribution in [0.3, 0.4) is 0 Å². The van der Waals surface area contributed by atoms with Crippen LogP contribution in [-0.2, 0) is 11.3 Å². The van der Waals surface area contributed by atoms with E-state index in [9.17, 15) is 9.59 Å². The topological polar surface area (TPSA) is 93.3 Å². The second-order valence-electron chi connectivity index (χ2n) is 6.01. The SMILES string of the molecule is CCOCc1cc(-c2csc(NC(=O)c3cc(C(C)=O)c[nH]3)n2)ccc1OC. The Hall–Kier alpha value is -2.97. The Kier molecular flexibility index (Phi) is 6.23. The van der Waals surface area contributed by atoms with E-state index in [-0.39, 0.29) is 11.7 Å². The van der Waals surface area contributed by atoms with Crippen LogP contribution in [0.5, 0.6) is 5.75 Å². The molecule has 0 aliphatic heterocycles. The number of H-pyrrole nitrogens is 1. The highest BCUT2D eigenvalue weighted by Gasteiger charge is 2.14. The molecule has 2 N–H and O–H groups in total. The van der Waals surface area contributed by atoms with Crippen LogP contribution in [0, 0.1) is 0 Å². The molecule has 0 radical (unpaired) electrons. The summed E-state index contributed by atoms with van der Waals surface area (Å²) in [6.07, 6.45) is 1.52. The zero-order valence-electron chi connectivity index (χ0n) is 15.9. The number of anilines is 1. The number of amides is 1. The molecule has 2 aromatic heterocycles. The van der Waals surface area contributed by atoms with Gasteiger partial charge in [0.05, 0.1) is 19.4 Å². The van der Waals surface area contributed by atoms with Gasteiger partial charge < -0.3 is 14.5 Å². The van der Waals surface area contributed by atoms with E-state index in [1.807, 2.05) is 30.5 Å². The number of rotatable bonds is 8. The van der Waals surface area contributed by atoms with Gasteiger partial charge in [0.2, 0.25) is 0 Å². The summed E-state index contributed by atoms with van der Waals surface area (Å²) in [7, 11) is 1.62. The van der Waals surface area contributed by atoms with Crippen molar-refractivity contribution < 1.29 is 19.1 Å². The monoisotopic (exact) mass is 399 g/mol. The Morgan fingerprint density at radius 3 is 2.79 bits per heavy atom. The summed E-state index contributed by atoms with van der Waals surface area (Å²) in [6, 6.07) is 7.29. The molecule has 1 aromatic carbocycles. The van der Waals surface area contributed by atoms with Crippen LogP contribution in [0.15, 0.2) is 35.8 Å². The van der Waals surface area contributed by atoms with Crippen molar-refractivity contribution in [1.29, 1.82) is 0 Å². The number of thiazole rings is 1. The van der Waals surface area contributed by atoms with Gasteiger partial charge in [0.25, 0.3) is 5.91 Å². The normalized spacial score (nSPS) is 10.7. The predicted molar refractivity (Wildman–Crippen MR) is 108 cm³/mol. The van der Waals surface area contributed by atoms with Gasteiger partial charge in [-0.1, -0.05) is 0 Å². The van der Waals surface area contributed by atoms with Gasteiger partial charge in [0, 0.05) is 34.9 Å². The lowest BCUT2D eigenvalue weighted by Crippen LogP contribution is -2.12. The zero-order valence-corrected chi connectivity index (χ0v) is 16.7. The molecule has 0 saturated heterocycles. The maximum absolute atomic E-state index is 12.3. The van der Waals surface area contributed by atoms with E-state index in [4.69, 9.17) is 9.47 Å². The van der Waals surface area contributed by atoms with E-state index in [0.717, 1.165) is 22.6 Å². The highest BCUT2D eigenvalue weighted by atomic mass is 32.1. The summed E-state index contributed by atoms with van der Waals surface area (Å²) in [5, 5.41) is 5.09. The smallest absolute Gasteiger partial charge is 0.273 e. The first-order chi connectivity index (χ1) is 13.5. The fourth-order valence-corrected chi connectivity index (χ4v) is 3.33. The van der Waals surface area contributed by atoms with Crippen molar-refractivity contribution in [2.45, 2.75) is 20.5 Å². The summed E-state index contributed by atoms with van der Waals surface area (Å²) in [4.78, 5) is 31.0. The number of nitrogens with zero attached hydrogens (tertiary/aromatic N) is 1. The van der Waals surface area contributed by atoms with Crippen molar-refractivity contribution in [3.63, 3.8) is 0 Å². The van der Waals surface area contributed by atoms with Gasteiger partial charge in [-0.2, -0.15) is 0 Å². The number of methoxy groups -OCH3 is 1. The van der Waals surface area contributed by atoms with E-state index in [1.165, 1.54) is 30.5 Å². The lowest BCUT2D eigenvalue weighted by Gasteiger charge is -2.10. The second kappa shape index (κ2) is 8.81. The summed E-state index contributed by atoms with van der Waals surface area (Å²) < 4.78 is 10.9. The van der Waals surface area contributed by atoms with Crippen LogP contribution >= 0.6 is 11.3 Å². The third-order valence-corrected chi connectivity index (χ3v) is 4.85. The first-order valence-electron chi connectivity index (χ1n) is 8.73. The average Bonchev–Trinajstić information content (AvgIpc) is 3.36. The lowest BCUT2D eigenvalue weighted by molar-refractivity contribution is 0.101. The Labute approximate surface area is 166 Å². The highest BCUT2D eigenvalue weighted by Crippen LogP contribution is 2.29. The molecule has 0 aliphatic carbocycles. The van der Waals surface area contributed by atoms with Crippen LogP contribution in [0.25, 0.3) is 11.3 Å². The van der Waals surface area contributed by atoms with Crippen LogP contribution in [0.4, 0.5) is 5.13 Å².